The molecule has 5 nitrogen and oxygen atoms in total. The molecule has 1 N–H and O–H groups in total. The van der Waals surface area contributed by atoms with E-state index in [-0.39, 0.29) is 23.3 Å². The van der Waals surface area contributed by atoms with Gasteiger partial charge in [-0.15, -0.1) is 0 Å². The van der Waals surface area contributed by atoms with Crippen LogP contribution in [0.4, 0.5) is 8.78 Å². The second kappa shape index (κ2) is 8.43. The van der Waals surface area contributed by atoms with Gasteiger partial charge in [-0.3, -0.25) is 4.90 Å². The fourth-order valence-electron chi connectivity index (χ4n) is 3.16. The standard InChI is InChI=1S/C19H23F2N3O2S/c1-23-10-12-24(13-11-23)19(15-2-4-16(20)5-3-15)14-22-27(25,26)18-8-6-17(21)7-9-18/h2-9,19,22H,10-14H2,1H3/t19-/m0/s1. The molecule has 0 saturated carbocycles. The summed E-state index contributed by atoms with van der Waals surface area (Å²) >= 11 is 0. The fraction of sp³-hybridized carbons (Fsp3) is 0.368. The van der Waals surface area contributed by atoms with E-state index in [0.29, 0.717) is 0 Å². The molecule has 0 radical (unpaired) electrons. The summed E-state index contributed by atoms with van der Waals surface area (Å²) < 4.78 is 54.1. The Morgan fingerprint density at radius 2 is 1.44 bits per heavy atom. The SMILES string of the molecule is CN1CCN([C@@H](CNS(=O)(=O)c2ccc(F)cc2)c2ccc(F)cc2)CC1. The molecule has 1 aliphatic rings. The minimum absolute atomic E-state index is 0.0140. The lowest BCUT2D eigenvalue weighted by Crippen LogP contribution is -2.48. The third-order valence-electron chi connectivity index (χ3n) is 4.82. The second-order valence-electron chi connectivity index (χ2n) is 6.71. The highest BCUT2D eigenvalue weighted by Gasteiger charge is 2.26. The number of nitrogens with zero attached hydrogens (tertiary/aromatic N) is 2. The Balaban J connectivity index is 1.78. The van der Waals surface area contributed by atoms with Crippen molar-refractivity contribution >= 4 is 10.0 Å². The molecule has 1 aliphatic heterocycles. The minimum Gasteiger partial charge on any atom is -0.304 e. The molecule has 8 heteroatoms. The monoisotopic (exact) mass is 395 g/mol. The first-order valence-electron chi connectivity index (χ1n) is 8.78. The number of rotatable bonds is 6. The third-order valence-corrected chi connectivity index (χ3v) is 6.26. The zero-order valence-corrected chi connectivity index (χ0v) is 15.9. The lowest BCUT2D eigenvalue weighted by molar-refractivity contribution is 0.113. The van der Waals surface area contributed by atoms with Crippen LogP contribution in [-0.4, -0.2) is 58.0 Å². The number of hydrogen-bond acceptors (Lipinski definition) is 4. The first-order valence-corrected chi connectivity index (χ1v) is 10.3. The predicted molar refractivity (Wildman–Crippen MR) is 99.8 cm³/mol. The van der Waals surface area contributed by atoms with Crippen LogP contribution in [0.15, 0.2) is 53.4 Å². The number of nitrogens with one attached hydrogen (secondary N) is 1. The summed E-state index contributed by atoms with van der Waals surface area (Å²) in [5.74, 6) is -0.821. The molecule has 0 amide bonds. The number of halogens is 2. The lowest BCUT2D eigenvalue weighted by atomic mass is 10.0. The van der Waals surface area contributed by atoms with Crippen LogP contribution in [0.3, 0.4) is 0 Å². The molecule has 0 spiro atoms. The Hall–Kier alpha value is -1.87. The maximum atomic E-state index is 13.3. The van der Waals surface area contributed by atoms with Gasteiger partial charge in [0.05, 0.1) is 4.90 Å². The molecule has 2 aromatic carbocycles. The van der Waals surface area contributed by atoms with Crippen LogP contribution in [0.25, 0.3) is 0 Å². The Kier molecular flexibility index (Phi) is 6.21. The maximum Gasteiger partial charge on any atom is 0.240 e. The van der Waals surface area contributed by atoms with Crippen molar-refractivity contribution in [3.05, 3.63) is 65.7 Å². The fourth-order valence-corrected chi connectivity index (χ4v) is 4.20. The molecule has 27 heavy (non-hydrogen) atoms. The summed E-state index contributed by atoms with van der Waals surface area (Å²) in [6.45, 7) is 3.48. The summed E-state index contributed by atoms with van der Waals surface area (Å²) in [5.41, 5.74) is 0.850. The van der Waals surface area contributed by atoms with E-state index in [4.69, 9.17) is 0 Å². The Labute approximate surface area is 158 Å². The van der Waals surface area contributed by atoms with Gasteiger partial charge in [0.15, 0.2) is 0 Å². The Bertz CT molecular complexity index is 850. The Morgan fingerprint density at radius 1 is 0.926 bits per heavy atom. The van der Waals surface area contributed by atoms with Gasteiger partial charge >= 0.3 is 0 Å². The van der Waals surface area contributed by atoms with Gasteiger partial charge < -0.3 is 4.90 Å². The van der Waals surface area contributed by atoms with Crippen LogP contribution in [0.5, 0.6) is 0 Å². The number of likely N-dealkylation sites (N-methyl/N-ethyl adjacent to an activating group) is 1. The quantitative estimate of drug-likeness (QED) is 0.815. The zero-order chi connectivity index (χ0) is 19.4. The number of benzene rings is 2. The molecule has 1 atom stereocenters. The molecule has 0 aliphatic carbocycles. The maximum absolute atomic E-state index is 13.3. The molecular formula is C19H23F2N3O2S. The van der Waals surface area contributed by atoms with Crippen LogP contribution in [0, 0.1) is 11.6 Å². The molecule has 0 unspecified atom stereocenters. The molecule has 0 bridgehead atoms. The highest BCUT2D eigenvalue weighted by atomic mass is 32.2. The molecule has 0 aromatic heterocycles. The van der Waals surface area contributed by atoms with Crippen LogP contribution >= 0.6 is 0 Å². The van der Waals surface area contributed by atoms with Gasteiger partial charge in [0, 0.05) is 38.8 Å². The zero-order valence-electron chi connectivity index (χ0n) is 15.1. The highest BCUT2D eigenvalue weighted by Crippen LogP contribution is 2.23. The number of sulfonamides is 1. The normalized spacial score (nSPS) is 17.7. The van der Waals surface area contributed by atoms with Gasteiger partial charge in [0.1, 0.15) is 11.6 Å². The predicted octanol–water partition coefficient (Wildman–Crippen LogP) is 2.23. The number of piperazine rings is 1. The van der Waals surface area contributed by atoms with Crippen LogP contribution in [0.2, 0.25) is 0 Å². The largest absolute Gasteiger partial charge is 0.304 e. The molecule has 2 aromatic rings. The van der Waals surface area contributed by atoms with E-state index in [1.807, 2.05) is 7.05 Å². The van der Waals surface area contributed by atoms with Crippen molar-refractivity contribution in [2.75, 3.05) is 39.8 Å². The van der Waals surface area contributed by atoms with Crippen molar-refractivity contribution in [1.29, 1.82) is 0 Å². The van der Waals surface area contributed by atoms with Gasteiger partial charge in [-0.2, -0.15) is 0 Å². The molecule has 1 heterocycles. The third kappa shape index (κ3) is 5.10. The summed E-state index contributed by atoms with van der Waals surface area (Å²) in [4.78, 5) is 4.42. The summed E-state index contributed by atoms with van der Waals surface area (Å²) in [6, 6.07) is 10.6. The van der Waals surface area contributed by atoms with E-state index in [2.05, 4.69) is 14.5 Å². The lowest BCUT2D eigenvalue weighted by Gasteiger charge is -2.38. The van der Waals surface area contributed by atoms with E-state index >= 15 is 0 Å². The van der Waals surface area contributed by atoms with Gasteiger partial charge in [0.25, 0.3) is 0 Å². The minimum atomic E-state index is -3.77. The van der Waals surface area contributed by atoms with E-state index in [9.17, 15) is 17.2 Å². The van der Waals surface area contributed by atoms with E-state index in [1.54, 1.807) is 12.1 Å². The van der Waals surface area contributed by atoms with Crippen molar-refractivity contribution in [3.63, 3.8) is 0 Å². The van der Waals surface area contributed by atoms with Gasteiger partial charge in [-0.05, 0) is 49.0 Å². The molecule has 1 fully saturated rings. The topological polar surface area (TPSA) is 52.6 Å². The van der Waals surface area contributed by atoms with Crippen molar-refractivity contribution in [2.24, 2.45) is 0 Å². The molecule has 3 rings (SSSR count). The van der Waals surface area contributed by atoms with Crippen molar-refractivity contribution in [2.45, 2.75) is 10.9 Å². The second-order valence-corrected chi connectivity index (χ2v) is 8.48. The van der Waals surface area contributed by atoms with Crippen LogP contribution < -0.4 is 4.72 Å². The molecule has 146 valence electrons. The first kappa shape index (κ1) is 19.9. The average molecular weight is 395 g/mol. The smallest absolute Gasteiger partial charge is 0.240 e. The summed E-state index contributed by atoms with van der Waals surface area (Å²) in [6.07, 6.45) is 0. The van der Waals surface area contributed by atoms with Gasteiger partial charge in [-0.25, -0.2) is 21.9 Å². The van der Waals surface area contributed by atoms with Crippen LogP contribution in [-0.2, 0) is 10.0 Å². The van der Waals surface area contributed by atoms with E-state index < -0.39 is 15.8 Å². The van der Waals surface area contributed by atoms with E-state index in [0.717, 1.165) is 43.9 Å². The van der Waals surface area contributed by atoms with E-state index in [1.165, 1.54) is 24.3 Å². The molecular weight excluding hydrogens is 372 g/mol. The van der Waals surface area contributed by atoms with Crippen molar-refractivity contribution < 1.29 is 17.2 Å². The van der Waals surface area contributed by atoms with Gasteiger partial charge in [-0.1, -0.05) is 12.1 Å². The van der Waals surface area contributed by atoms with Crippen LogP contribution in [0.1, 0.15) is 11.6 Å². The number of hydrogen-bond donors (Lipinski definition) is 1. The Morgan fingerprint density at radius 3 is 2.00 bits per heavy atom. The summed E-state index contributed by atoms with van der Waals surface area (Å²) in [5, 5.41) is 0. The van der Waals surface area contributed by atoms with Crippen molar-refractivity contribution in [3.8, 4) is 0 Å². The highest BCUT2D eigenvalue weighted by molar-refractivity contribution is 7.89. The van der Waals surface area contributed by atoms with Crippen molar-refractivity contribution in [1.82, 2.24) is 14.5 Å². The first-order chi connectivity index (χ1) is 12.8. The van der Waals surface area contributed by atoms with Gasteiger partial charge in [0.2, 0.25) is 10.0 Å². The molecule has 1 saturated heterocycles. The summed E-state index contributed by atoms with van der Waals surface area (Å²) in [7, 11) is -1.72. The average Bonchev–Trinajstić information content (AvgIpc) is 2.65.